The van der Waals surface area contributed by atoms with Crippen molar-refractivity contribution in [2.75, 3.05) is 24.6 Å². The third kappa shape index (κ3) is 3.36. The number of anilines is 1. The lowest BCUT2D eigenvalue weighted by atomic mass is 9.96. The van der Waals surface area contributed by atoms with E-state index in [2.05, 4.69) is 48.3 Å². The largest absolute Gasteiger partial charge is 0.492 e. The van der Waals surface area contributed by atoms with Gasteiger partial charge in [-0.15, -0.1) is 11.3 Å². The summed E-state index contributed by atoms with van der Waals surface area (Å²) in [6.07, 6.45) is 0.960. The second-order valence-electron chi connectivity index (χ2n) is 8.02. The van der Waals surface area contributed by atoms with Crippen LogP contribution in [0.4, 0.5) is 5.69 Å². The number of halogens is 1. The van der Waals surface area contributed by atoms with Crippen molar-refractivity contribution in [2.45, 2.75) is 38.3 Å². The SMILES string of the molecule is C[C@@H]1CN(c2ccc3c(c2)OCC(c2nc4c(Cl)cccc4s2)C3)C[C@H](C)N1. The van der Waals surface area contributed by atoms with Crippen molar-refractivity contribution in [1.29, 1.82) is 0 Å². The van der Waals surface area contributed by atoms with Crippen LogP contribution in [0.2, 0.25) is 5.02 Å². The standard InChI is InChI=1S/C22H24ClN3OS/c1-13-10-26(11-14(2)24-13)17-7-6-15-8-16(12-27-19(15)9-17)22-25-21-18(23)4-3-5-20(21)28-22/h3-7,9,13-14,16,24H,8,10-12H2,1-2H3/t13-,14+,16?. The first kappa shape index (κ1) is 18.2. The van der Waals surface area contributed by atoms with E-state index >= 15 is 0 Å². The zero-order valence-corrected chi connectivity index (χ0v) is 17.7. The minimum Gasteiger partial charge on any atom is -0.492 e. The molecule has 2 aliphatic rings. The van der Waals surface area contributed by atoms with Crippen molar-refractivity contribution in [3.05, 3.63) is 52.0 Å². The molecule has 3 atom stereocenters. The van der Waals surface area contributed by atoms with Gasteiger partial charge in [-0.3, -0.25) is 0 Å². The summed E-state index contributed by atoms with van der Waals surface area (Å²) < 4.78 is 7.34. The van der Waals surface area contributed by atoms with E-state index in [4.69, 9.17) is 21.3 Å². The number of benzene rings is 2. The topological polar surface area (TPSA) is 37.4 Å². The zero-order valence-electron chi connectivity index (χ0n) is 16.1. The van der Waals surface area contributed by atoms with Crippen molar-refractivity contribution in [3.63, 3.8) is 0 Å². The number of nitrogens with zero attached hydrogens (tertiary/aromatic N) is 2. The van der Waals surface area contributed by atoms with Gasteiger partial charge in [-0.2, -0.15) is 0 Å². The monoisotopic (exact) mass is 413 g/mol. The van der Waals surface area contributed by atoms with E-state index in [1.165, 1.54) is 11.3 Å². The Hall–Kier alpha value is -1.82. The van der Waals surface area contributed by atoms with Crippen molar-refractivity contribution in [3.8, 4) is 5.75 Å². The molecule has 3 heterocycles. The molecule has 146 valence electrons. The van der Waals surface area contributed by atoms with Crippen molar-refractivity contribution in [2.24, 2.45) is 0 Å². The van der Waals surface area contributed by atoms with Crippen LogP contribution in [0.5, 0.6) is 5.75 Å². The molecule has 0 spiro atoms. The van der Waals surface area contributed by atoms with Gasteiger partial charge in [-0.1, -0.05) is 23.7 Å². The highest BCUT2D eigenvalue weighted by Crippen LogP contribution is 2.38. The van der Waals surface area contributed by atoms with Crippen molar-refractivity contribution < 1.29 is 4.74 Å². The van der Waals surface area contributed by atoms with Gasteiger partial charge in [0.2, 0.25) is 0 Å². The number of aromatic nitrogens is 1. The average Bonchev–Trinajstić information content (AvgIpc) is 3.12. The van der Waals surface area contributed by atoms with Crippen LogP contribution in [-0.4, -0.2) is 36.8 Å². The number of nitrogens with one attached hydrogen (secondary N) is 1. The van der Waals surface area contributed by atoms with Gasteiger partial charge in [0.1, 0.15) is 16.3 Å². The number of piperazine rings is 1. The second kappa shape index (κ2) is 7.21. The van der Waals surface area contributed by atoms with E-state index in [-0.39, 0.29) is 5.92 Å². The number of hydrogen-bond donors (Lipinski definition) is 1. The Bertz CT molecular complexity index is 1010. The van der Waals surface area contributed by atoms with Gasteiger partial charge in [-0.25, -0.2) is 4.98 Å². The fourth-order valence-corrected chi connectivity index (χ4v) is 5.71. The molecule has 0 aliphatic carbocycles. The Morgan fingerprint density at radius 1 is 1.18 bits per heavy atom. The van der Waals surface area contributed by atoms with Gasteiger partial charge in [-0.05, 0) is 44.0 Å². The normalized spacial score (nSPS) is 24.8. The number of ether oxygens (including phenoxy) is 1. The van der Waals surface area contributed by atoms with Crippen LogP contribution in [0.3, 0.4) is 0 Å². The van der Waals surface area contributed by atoms with Gasteiger partial charge >= 0.3 is 0 Å². The van der Waals surface area contributed by atoms with E-state index in [9.17, 15) is 0 Å². The highest BCUT2D eigenvalue weighted by Gasteiger charge is 2.27. The Labute approximate surface area is 174 Å². The van der Waals surface area contributed by atoms with E-state index in [0.29, 0.717) is 18.7 Å². The molecule has 2 aromatic carbocycles. The lowest BCUT2D eigenvalue weighted by Crippen LogP contribution is -2.54. The van der Waals surface area contributed by atoms with Crippen LogP contribution in [0, 0.1) is 0 Å². The van der Waals surface area contributed by atoms with Crippen molar-refractivity contribution >= 4 is 38.8 Å². The number of thiazole rings is 1. The molecule has 5 rings (SSSR count). The average molecular weight is 414 g/mol. The highest BCUT2D eigenvalue weighted by atomic mass is 35.5. The third-order valence-electron chi connectivity index (χ3n) is 5.62. The smallest absolute Gasteiger partial charge is 0.124 e. The van der Waals surface area contributed by atoms with E-state index < -0.39 is 0 Å². The number of rotatable bonds is 2. The molecule has 4 nitrogen and oxygen atoms in total. The van der Waals surface area contributed by atoms with Gasteiger partial charge in [0.05, 0.1) is 16.3 Å². The lowest BCUT2D eigenvalue weighted by molar-refractivity contribution is 0.262. The highest BCUT2D eigenvalue weighted by molar-refractivity contribution is 7.18. The van der Waals surface area contributed by atoms with Gasteiger partial charge < -0.3 is 15.0 Å². The first-order valence-electron chi connectivity index (χ1n) is 9.88. The predicted octanol–water partition coefficient (Wildman–Crippen LogP) is 4.86. The first-order chi connectivity index (χ1) is 13.6. The fraction of sp³-hybridized carbons (Fsp3) is 0.409. The minimum absolute atomic E-state index is 0.283. The maximum atomic E-state index is 6.31. The molecule has 1 N–H and O–H groups in total. The Morgan fingerprint density at radius 2 is 2.00 bits per heavy atom. The minimum atomic E-state index is 0.283. The molecule has 1 aromatic heterocycles. The number of fused-ring (bicyclic) bond motifs is 2. The summed E-state index contributed by atoms with van der Waals surface area (Å²) in [5, 5.41) is 5.43. The Morgan fingerprint density at radius 3 is 2.79 bits per heavy atom. The van der Waals surface area contributed by atoms with Gasteiger partial charge in [0.15, 0.2) is 0 Å². The van der Waals surface area contributed by atoms with E-state index in [0.717, 1.165) is 45.5 Å². The van der Waals surface area contributed by atoms with Crippen LogP contribution < -0.4 is 15.0 Å². The first-order valence-corrected chi connectivity index (χ1v) is 11.1. The van der Waals surface area contributed by atoms with Crippen LogP contribution >= 0.6 is 22.9 Å². The molecule has 0 amide bonds. The molecule has 1 saturated heterocycles. The quantitative estimate of drug-likeness (QED) is 0.651. The molecule has 0 saturated carbocycles. The molecular formula is C22H24ClN3OS. The molecule has 1 fully saturated rings. The molecule has 3 aromatic rings. The molecule has 0 bridgehead atoms. The lowest BCUT2D eigenvalue weighted by Gasteiger charge is -2.38. The van der Waals surface area contributed by atoms with Crippen LogP contribution in [-0.2, 0) is 6.42 Å². The molecule has 1 unspecified atom stereocenters. The molecular weight excluding hydrogens is 390 g/mol. The molecule has 0 radical (unpaired) electrons. The number of hydrogen-bond acceptors (Lipinski definition) is 5. The summed E-state index contributed by atoms with van der Waals surface area (Å²) >= 11 is 8.03. The van der Waals surface area contributed by atoms with Crippen LogP contribution in [0.1, 0.15) is 30.3 Å². The summed E-state index contributed by atoms with van der Waals surface area (Å²) in [6, 6.07) is 13.6. The maximum Gasteiger partial charge on any atom is 0.124 e. The van der Waals surface area contributed by atoms with Crippen LogP contribution in [0.25, 0.3) is 10.2 Å². The second-order valence-corrected chi connectivity index (χ2v) is 9.49. The van der Waals surface area contributed by atoms with Gasteiger partial charge in [0, 0.05) is 42.8 Å². The zero-order chi connectivity index (χ0) is 19.3. The summed E-state index contributed by atoms with van der Waals surface area (Å²) in [6.45, 7) is 7.21. The third-order valence-corrected chi connectivity index (χ3v) is 7.10. The molecule has 28 heavy (non-hydrogen) atoms. The molecule has 2 aliphatic heterocycles. The maximum absolute atomic E-state index is 6.31. The summed E-state index contributed by atoms with van der Waals surface area (Å²) in [7, 11) is 0. The Kier molecular flexibility index (Phi) is 4.69. The van der Waals surface area contributed by atoms with Crippen LogP contribution in [0.15, 0.2) is 36.4 Å². The predicted molar refractivity (Wildman–Crippen MR) is 117 cm³/mol. The summed E-state index contributed by atoms with van der Waals surface area (Å²) in [5.74, 6) is 1.30. The summed E-state index contributed by atoms with van der Waals surface area (Å²) in [4.78, 5) is 7.26. The van der Waals surface area contributed by atoms with E-state index in [1.807, 2.05) is 12.1 Å². The van der Waals surface area contributed by atoms with E-state index in [1.54, 1.807) is 11.3 Å². The fourth-order valence-electron chi connectivity index (χ4n) is 4.36. The molecule has 6 heteroatoms. The number of para-hydroxylation sites is 1. The van der Waals surface area contributed by atoms with Gasteiger partial charge in [0.25, 0.3) is 0 Å². The Balaban J connectivity index is 1.38. The summed E-state index contributed by atoms with van der Waals surface area (Å²) in [5.41, 5.74) is 3.43. The van der Waals surface area contributed by atoms with Crippen molar-refractivity contribution in [1.82, 2.24) is 10.3 Å².